The van der Waals surface area contributed by atoms with Crippen molar-refractivity contribution in [3.63, 3.8) is 0 Å². The standard InChI is InChI=1S/C15H22ClNO2/c1-2-3-4-9-17-10-15(18)12-19-11-13-5-7-14(16)8-6-13/h2-3,5-8,15,17-18H,4,9-12H2,1H3/b3-2+. The zero-order valence-electron chi connectivity index (χ0n) is 11.3. The van der Waals surface area contributed by atoms with E-state index in [1.165, 1.54) is 0 Å². The second-order valence-corrected chi connectivity index (χ2v) is 4.79. The molecular formula is C15H22ClNO2. The first kappa shape index (κ1) is 16.2. The van der Waals surface area contributed by atoms with Crippen molar-refractivity contribution < 1.29 is 9.84 Å². The summed E-state index contributed by atoms with van der Waals surface area (Å²) in [4.78, 5) is 0. The van der Waals surface area contributed by atoms with Crippen molar-refractivity contribution in [2.75, 3.05) is 19.7 Å². The Hall–Kier alpha value is -0.870. The van der Waals surface area contributed by atoms with Crippen LogP contribution in [0.5, 0.6) is 0 Å². The van der Waals surface area contributed by atoms with Gasteiger partial charge in [-0.05, 0) is 37.6 Å². The number of rotatable bonds is 9. The van der Waals surface area contributed by atoms with Crippen LogP contribution in [0.3, 0.4) is 0 Å². The monoisotopic (exact) mass is 283 g/mol. The molecule has 19 heavy (non-hydrogen) atoms. The van der Waals surface area contributed by atoms with Gasteiger partial charge in [0.25, 0.3) is 0 Å². The molecule has 0 radical (unpaired) electrons. The van der Waals surface area contributed by atoms with E-state index in [1.54, 1.807) is 0 Å². The minimum absolute atomic E-state index is 0.333. The maximum Gasteiger partial charge on any atom is 0.0897 e. The zero-order chi connectivity index (χ0) is 13.9. The molecule has 1 unspecified atom stereocenters. The third-order valence-electron chi connectivity index (χ3n) is 2.60. The molecule has 1 aromatic rings. The summed E-state index contributed by atoms with van der Waals surface area (Å²) in [5.74, 6) is 0. The Bertz CT molecular complexity index is 365. The lowest BCUT2D eigenvalue weighted by atomic mass is 10.2. The number of halogens is 1. The van der Waals surface area contributed by atoms with E-state index in [0.29, 0.717) is 24.8 Å². The Morgan fingerprint density at radius 2 is 2.11 bits per heavy atom. The Morgan fingerprint density at radius 1 is 1.37 bits per heavy atom. The van der Waals surface area contributed by atoms with E-state index in [9.17, 15) is 5.11 Å². The van der Waals surface area contributed by atoms with Gasteiger partial charge >= 0.3 is 0 Å². The van der Waals surface area contributed by atoms with E-state index in [4.69, 9.17) is 16.3 Å². The molecule has 106 valence electrons. The van der Waals surface area contributed by atoms with Gasteiger partial charge < -0.3 is 15.2 Å². The van der Waals surface area contributed by atoms with Crippen LogP contribution in [0.1, 0.15) is 18.9 Å². The quantitative estimate of drug-likeness (QED) is 0.541. The lowest BCUT2D eigenvalue weighted by molar-refractivity contribution is 0.0290. The highest BCUT2D eigenvalue weighted by atomic mass is 35.5. The summed E-state index contributed by atoms with van der Waals surface area (Å²) in [6.45, 7) is 4.25. The van der Waals surface area contributed by atoms with Gasteiger partial charge in [-0.2, -0.15) is 0 Å². The number of hydrogen-bond donors (Lipinski definition) is 2. The Morgan fingerprint density at radius 3 is 2.79 bits per heavy atom. The average Bonchev–Trinajstić information content (AvgIpc) is 2.41. The highest BCUT2D eigenvalue weighted by molar-refractivity contribution is 6.30. The molecule has 0 aliphatic heterocycles. The molecule has 0 aliphatic rings. The summed E-state index contributed by atoms with van der Waals surface area (Å²) in [7, 11) is 0. The Labute approximate surface area is 120 Å². The first-order chi connectivity index (χ1) is 9.22. The molecule has 1 aromatic carbocycles. The third-order valence-corrected chi connectivity index (χ3v) is 2.85. The number of aliphatic hydroxyl groups is 1. The van der Waals surface area contributed by atoms with Crippen molar-refractivity contribution in [1.29, 1.82) is 0 Å². The number of ether oxygens (including phenoxy) is 1. The van der Waals surface area contributed by atoms with Crippen molar-refractivity contribution in [3.8, 4) is 0 Å². The molecule has 0 spiro atoms. The summed E-state index contributed by atoms with van der Waals surface area (Å²) in [5.41, 5.74) is 1.05. The van der Waals surface area contributed by atoms with Crippen LogP contribution in [-0.2, 0) is 11.3 Å². The minimum Gasteiger partial charge on any atom is -0.389 e. The smallest absolute Gasteiger partial charge is 0.0897 e. The molecule has 0 saturated carbocycles. The van der Waals surface area contributed by atoms with Crippen molar-refractivity contribution >= 4 is 11.6 Å². The number of nitrogens with one attached hydrogen (secondary N) is 1. The van der Waals surface area contributed by atoms with Gasteiger partial charge in [-0.25, -0.2) is 0 Å². The molecule has 0 aliphatic carbocycles. The van der Waals surface area contributed by atoms with Gasteiger partial charge in [-0.1, -0.05) is 35.9 Å². The van der Waals surface area contributed by atoms with E-state index >= 15 is 0 Å². The fourth-order valence-electron chi connectivity index (χ4n) is 1.57. The van der Waals surface area contributed by atoms with Crippen molar-refractivity contribution in [2.24, 2.45) is 0 Å². The molecule has 0 fully saturated rings. The van der Waals surface area contributed by atoms with Gasteiger partial charge in [0.2, 0.25) is 0 Å². The van der Waals surface area contributed by atoms with Gasteiger partial charge in [0.15, 0.2) is 0 Å². The predicted molar refractivity (Wildman–Crippen MR) is 79.4 cm³/mol. The molecule has 1 rings (SSSR count). The molecule has 0 heterocycles. The van der Waals surface area contributed by atoms with Crippen molar-refractivity contribution in [2.45, 2.75) is 26.1 Å². The Balaban J connectivity index is 2.06. The van der Waals surface area contributed by atoms with E-state index in [0.717, 1.165) is 18.5 Å². The van der Waals surface area contributed by atoms with E-state index < -0.39 is 6.10 Å². The predicted octanol–water partition coefficient (Wildman–Crippen LogP) is 2.77. The van der Waals surface area contributed by atoms with E-state index in [-0.39, 0.29) is 0 Å². The van der Waals surface area contributed by atoms with Crippen LogP contribution < -0.4 is 5.32 Å². The van der Waals surface area contributed by atoms with Gasteiger partial charge in [-0.3, -0.25) is 0 Å². The Kier molecular flexibility index (Phi) is 8.50. The molecule has 2 N–H and O–H groups in total. The van der Waals surface area contributed by atoms with Crippen molar-refractivity contribution in [3.05, 3.63) is 47.0 Å². The van der Waals surface area contributed by atoms with E-state index in [1.807, 2.05) is 37.3 Å². The van der Waals surface area contributed by atoms with Crippen LogP contribution >= 0.6 is 11.6 Å². The molecule has 0 bridgehead atoms. The van der Waals surface area contributed by atoms with Crippen LogP contribution in [0.2, 0.25) is 5.02 Å². The average molecular weight is 284 g/mol. The SMILES string of the molecule is C/C=C/CCNCC(O)COCc1ccc(Cl)cc1. The van der Waals surface area contributed by atoms with Gasteiger partial charge in [-0.15, -0.1) is 0 Å². The lowest BCUT2D eigenvalue weighted by Gasteiger charge is -2.12. The first-order valence-corrected chi connectivity index (χ1v) is 6.92. The topological polar surface area (TPSA) is 41.5 Å². The maximum absolute atomic E-state index is 9.70. The zero-order valence-corrected chi connectivity index (χ0v) is 12.1. The van der Waals surface area contributed by atoms with E-state index in [2.05, 4.69) is 11.4 Å². The first-order valence-electron chi connectivity index (χ1n) is 6.54. The second kappa shape index (κ2) is 9.98. The number of allylic oxidation sites excluding steroid dienone is 1. The molecule has 0 amide bonds. The summed E-state index contributed by atoms with van der Waals surface area (Å²) >= 11 is 5.80. The van der Waals surface area contributed by atoms with Crippen LogP contribution in [-0.4, -0.2) is 30.9 Å². The second-order valence-electron chi connectivity index (χ2n) is 4.36. The summed E-state index contributed by atoms with van der Waals surface area (Å²) in [6.07, 6.45) is 4.62. The maximum atomic E-state index is 9.70. The highest BCUT2D eigenvalue weighted by Crippen LogP contribution is 2.10. The van der Waals surface area contributed by atoms with Gasteiger partial charge in [0, 0.05) is 11.6 Å². The van der Waals surface area contributed by atoms with Crippen LogP contribution in [0.4, 0.5) is 0 Å². The molecule has 4 heteroatoms. The molecule has 1 atom stereocenters. The lowest BCUT2D eigenvalue weighted by Crippen LogP contribution is -2.30. The molecule has 3 nitrogen and oxygen atoms in total. The van der Waals surface area contributed by atoms with Crippen LogP contribution in [0, 0.1) is 0 Å². The number of benzene rings is 1. The van der Waals surface area contributed by atoms with Crippen LogP contribution in [0.15, 0.2) is 36.4 Å². The summed E-state index contributed by atoms with van der Waals surface area (Å²) in [6, 6.07) is 7.51. The minimum atomic E-state index is -0.474. The summed E-state index contributed by atoms with van der Waals surface area (Å²) in [5, 5.41) is 13.6. The fourth-order valence-corrected chi connectivity index (χ4v) is 1.70. The number of hydrogen-bond acceptors (Lipinski definition) is 3. The highest BCUT2D eigenvalue weighted by Gasteiger charge is 2.03. The molecule has 0 saturated heterocycles. The molecular weight excluding hydrogens is 262 g/mol. The van der Waals surface area contributed by atoms with Gasteiger partial charge in [0.1, 0.15) is 0 Å². The van der Waals surface area contributed by atoms with Gasteiger partial charge in [0.05, 0.1) is 19.3 Å². The van der Waals surface area contributed by atoms with Crippen molar-refractivity contribution in [1.82, 2.24) is 5.32 Å². The fraction of sp³-hybridized carbons (Fsp3) is 0.467. The van der Waals surface area contributed by atoms with Crippen LogP contribution in [0.25, 0.3) is 0 Å². The normalized spacial score (nSPS) is 13.0. The largest absolute Gasteiger partial charge is 0.389 e. The number of aliphatic hydroxyl groups excluding tert-OH is 1. The third kappa shape index (κ3) is 8.01. The summed E-state index contributed by atoms with van der Waals surface area (Å²) < 4.78 is 5.45. The molecule has 0 aromatic heterocycles.